The molecular formula is C27H33N3O7. The number of fused-ring (bicyclic) bond motifs is 3. The summed E-state index contributed by atoms with van der Waals surface area (Å²) in [7, 11) is 4.95. The van der Waals surface area contributed by atoms with Crippen molar-refractivity contribution in [2.75, 3.05) is 27.7 Å². The Balaban J connectivity index is 1.83. The average molecular weight is 512 g/mol. The van der Waals surface area contributed by atoms with E-state index in [1.165, 1.54) is 4.90 Å². The van der Waals surface area contributed by atoms with Crippen LogP contribution in [-0.4, -0.2) is 88.4 Å². The Morgan fingerprint density at radius 1 is 1.22 bits per heavy atom. The van der Waals surface area contributed by atoms with Crippen LogP contribution >= 0.6 is 0 Å². The van der Waals surface area contributed by atoms with Crippen LogP contribution in [0, 0.1) is 30.6 Å². The van der Waals surface area contributed by atoms with Gasteiger partial charge < -0.3 is 15.9 Å². The lowest BCUT2D eigenvalue weighted by atomic mass is 9.52. The molecule has 2 fully saturated rings. The molecule has 198 valence electrons. The van der Waals surface area contributed by atoms with E-state index in [1.54, 1.807) is 20.2 Å². The van der Waals surface area contributed by atoms with Crippen LogP contribution in [0.2, 0.25) is 0 Å². The van der Waals surface area contributed by atoms with E-state index < -0.39 is 64.4 Å². The maximum Gasteiger partial charge on any atom is 0.235 e. The molecule has 10 nitrogen and oxygen atoms in total. The highest BCUT2D eigenvalue weighted by molar-refractivity contribution is 6.32. The van der Waals surface area contributed by atoms with Crippen LogP contribution in [0.5, 0.6) is 5.75 Å². The second-order valence-electron chi connectivity index (χ2n) is 10.8. The first-order valence-electron chi connectivity index (χ1n) is 12.3. The molecule has 10 heteroatoms. The van der Waals surface area contributed by atoms with E-state index in [0.29, 0.717) is 24.2 Å². The molecule has 2 unspecified atom stereocenters. The third kappa shape index (κ3) is 3.86. The first-order valence-corrected chi connectivity index (χ1v) is 12.3. The van der Waals surface area contributed by atoms with Crippen LogP contribution < -0.4 is 5.73 Å². The normalized spacial score (nSPS) is 31.3. The summed E-state index contributed by atoms with van der Waals surface area (Å²) < 4.78 is 0. The number of aliphatic hydroxyl groups is 1. The van der Waals surface area contributed by atoms with Crippen molar-refractivity contribution in [2.24, 2.45) is 29.4 Å². The maximum absolute atomic E-state index is 13.9. The van der Waals surface area contributed by atoms with Crippen molar-refractivity contribution in [1.82, 2.24) is 9.80 Å². The fourth-order valence-corrected chi connectivity index (χ4v) is 6.62. The number of amides is 1. The Hall–Kier alpha value is -3.21. The topological polar surface area (TPSA) is 158 Å². The van der Waals surface area contributed by atoms with Gasteiger partial charge in [0.15, 0.2) is 34.7 Å². The summed E-state index contributed by atoms with van der Waals surface area (Å²) in [5, 5.41) is 22.7. The first kappa shape index (κ1) is 26.8. The van der Waals surface area contributed by atoms with E-state index in [2.05, 4.69) is 6.58 Å². The standard InChI is InChI=1S/C27H33N3O7/c1-6-7-30(5)11-14-8-12(2)15-9-13-10-16-20(29(3)4)23(33)19(26(28)36)25(35)27(16,37)24(34)17(13)22(32)18(15)21(14)31/h6,8,13,16-17,19-20,31,37H,1,7,9-11H2,2-5H3,(H2,28,36)/t13-,16-,17?,19?,20-,27-/m0/s1. The number of Topliss-reactive ketones (excluding diaryl/α,β-unsaturated/α-hetero) is 4. The van der Waals surface area contributed by atoms with E-state index in [4.69, 9.17) is 5.73 Å². The van der Waals surface area contributed by atoms with Gasteiger partial charge >= 0.3 is 0 Å². The number of hydrogen-bond donors (Lipinski definition) is 3. The van der Waals surface area contributed by atoms with Crippen molar-refractivity contribution in [3.8, 4) is 5.75 Å². The minimum Gasteiger partial charge on any atom is -0.507 e. The molecule has 0 aromatic heterocycles. The Labute approximate surface area is 215 Å². The van der Waals surface area contributed by atoms with Gasteiger partial charge in [-0.3, -0.25) is 33.8 Å². The van der Waals surface area contributed by atoms with Crippen LogP contribution in [0.3, 0.4) is 0 Å². The molecule has 37 heavy (non-hydrogen) atoms. The third-order valence-electron chi connectivity index (χ3n) is 8.24. The van der Waals surface area contributed by atoms with E-state index >= 15 is 0 Å². The first-order chi connectivity index (χ1) is 17.3. The third-order valence-corrected chi connectivity index (χ3v) is 8.24. The number of aryl methyl sites for hydroxylation is 1. The van der Waals surface area contributed by atoms with E-state index in [0.717, 1.165) is 5.56 Å². The van der Waals surface area contributed by atoms with Gasteiger partial charge in [0.1, 0.15) is 5.75 Å². The minimum atomic E-state index is -2.72. The lowest BCUT2D eigenvalue weighted by molar-refractivity contribution is -0.181. The average Bonchev–Trinajstić information content (AvgIpc) is 2.79. The molecule has 0 aliphatic heterocycles. The monoisotopic (exact) mass is 511 g/mol. The second kappa shape index (κ2) is 9.27. The summed E-state index contributed by atoms with van der Waals surface area (Å²) in [6.45, 7) is 6.42. The number of ketones is 4. The lowest BCUT2D eigenvalue weighted by Crippen LogP contribution is -2.74. The Bertz CT molecular complexity index is 1240. The van der Waals surface area contributed by atoms with Gasteiger partial charge in [0.25, 0.3) is 0 Å². The molecule has 0 bridgehead atoms. The minimum absolute atomic E-state index is 0.0219. The molecule has 6 atom stereocenters. The van der Waals surface area contributed by atoms with Crippen LogP contribution in [0.4, 0.5) is 0 Å². The van der Waals surface area contributed by atoms with Crippen molar-refractivity contribution in [2.45, 2.75) is 38.0 Å². The van der Waals surface area contributed by atoms with Gasteiger partial charge in [0.05, 0.1) is 17.5 Å². The Kier molecular flexibility index (Phi) is 6.72. The second-order valence-corrected chi connectivity index (χ2v) is 10.8. The van der Waals surface area contributed by atoms with Gasteiger partial charge in [-0.05, 0) is 58.0 Å². The van der Waals surface area contributed by atoms with E-state index in [9.17, 15) is 34.2 Å². The molecule has 3 aliphatic rings. The summed E-state index contributed by atoms with van der Waals surface area (Å²) in [6, 6.07) is 0.703. The predicted octanol–water partition coefficient (Wildman–Crippen LogP) is -0.207. The van der Waals surface area contributed by atoms with Crippen molar-refractivity contribution in [3.63, 3.8) is 0 Å². The number of likely N-dealkylation sites (N-methyl/N-ethyl adjacent to an activating group) is 2. The zero-order valence-corrected chi connectivity index (χ0v) is 21.5. The fraction of sp³-hybridized carbons (Fsp3) is 0.519. The molecule has 0 radical (unpaired) electrons. The molecule has 4 N–H and O–H groups in total. The highest BCUT2D eigenvalue weighted by Crippen LogP contribution is 2.51. The SMILES string of the molecule is C=CCN(C)Cc1cc(C)c2c(c1O)C(=O)C1C(=O)[C@]3(O)C(=O)C(C(N)=O)C(=O)[C@@H](N(C)C)[C@@H]3C[C@@H]1C2. The highest BCUT2D eigenvalue weighted by atomic mass is 16.3. The number of carbonyl (C=O) groups excluding carboxylic acids is 5. The predicted molar refractivity (Wildman–Crippen MR) is 133 cm³/mol. The number of primary amides is 1. The molecule has 4 rings (SSSR count). The van der Waals surface area contributed by atoms with Gasteiger partial charge in [0.2, 0.25) is 5.91 Å². The van der Waals surface area contributed by atoms with Gasteiger partial charge in [-0.1, -0.05) is 12.1 Å². The zero-order chi connectivity index (χ0) is 27.6. The number of nitrogens with two attached hydrogens (primary N) is 1. The number of hydrogen-bond acceptors (Lipinski definition) is 9. The Morgan fingerprint density at radius 2 is 1.86 bits per heavy atom. The fourth-order valence-electron chi connectivity index (χ4n) is 6.62. The molecule has 1 aromatic carbocycles. The Morgan fingerprint density at radius 3 is 2.43 bits per heavy atom. The van der Waals surface area contributed by atoms with Crippen molar-refractivity contribution < 1.29 is 34.2 Å². The molecule has 1 aromatic rings. The number of phenolic OH excluding ortho intramolecular Hbond substituents is 1. The number of rotatable bonds is 6. The van der Waals surface area contributed by atoms with Crippen molar-refractivity contribution in [1.29, 1.82) is 0 Å². The molecule has 0 heterocycles. The summed E-state index contributed by atoms with van der Waals surface area (Å²) in [6.07, 6.45) is 2.00. The van der Waals surface area contributed by atoms with E-state index in [1.807, 2.05) is 24.9 Å². The largest absolute Gasteiger partial charge is 0.507 e. The van der Waals surface area contributed by atoms with Crippen molar-refractivity contribution >= 4 is 29.0 Å². The number of carbonyl (C=O) groups is 5. The van der Waals surface area contributed by atoms with Gasteiger partial charge in [0, 0.05) is 24.6 Å². The smallest absolute Gasteiger partial charge is 0.235 e. The molecule has 0 saturated heterocycles. The maximum atomic E-state index is 13.9. The van der Waals surface area contributed by atoms with Crippen LogP contribution in [0.25, 0.3) is 0 Å². The van der Waals surface area contributed by atoms with Gasteiger partial charge in [-0.15, -0.1) is 6.58 Å². The summed E-state index contributed by atoms with van der Waals surface area (Å²) >= 11 is 0. The number of benzene rings is 1. The quantitative estimate of drug-likeness (QED) is 0.347. The van der Waals surface area contributed by atoms with Gasteiger partial charge in [-0.2, -0.15) is 0 Å². The molecule has 2 saturated carbocycles. The van der Waals surface area contributed by atoms with Crippen molar-refractivity contribution in [3.05, 3.63) is 41.0 Å². The molecule has 1 amide bonds. The van der Waals surface area contributed by atoms with Crippen LogP contribution in [0.1, 0.15) is 33.5 Å². The van der Waals surface area contributed by atoms with Crippen LogP contribution in [-0.2, 0) is 32.1 Å². The number of nitrogens with zero attached hydrogens (tertiary/aromatic N) is 2. The summed E-state index contributed by atoms with van der Waals surface area (Å²) in [4.78, 5) is 69.5. The lowest BCUT2D eigenvalue weighted by Gasteiger charge is -2.52. The zero-order valence-electron chi connectivity index (χ0n) is 21.5. The van der Waals surface area contributed by atoms with E-state index in [-0.39, 0.29) is 24.2 Å². The molecule has 3 aliphatic carbocycles. The van der Waals surface area contributed by atoms with Crippen LogP contribution in [0.15, 0.2) is 18.7 Å². The molecule has 0 spiro atoms. The van der Waals surface area contributed by atoms with Gasteiger partial charge in [-0.25, -0.2) is 0 Å². The summed E-state index contributed by atoms with van der Waals surface area (Å²) in [5.41, 5.74) is 4.55. The molecular weight excluding hydrogens is 478 g/mol. The summed E-state index contributed by atoms with van der Waals surface area (Å²) in [5.74, 6) is -10.3. The number of phenols is 1. The number of aromatic hydroxyl groups is 1. The highest BCUT2D eigenvalue weighted by Gasteiger charge is 2.69.